The number of halogens is 5. The van der Waals surface area contributed by atoms with Gasteiger partial charge in [0, 0.05) is 43.2 Å². The molecule has 0 aliphatic carbocycles. The molecule has 0 saturated carbocycles. The van der Waals surface area contributed by atoms with Crippen LogP contribution in [0.1, 0.15) is 28.9 Å². The summed E-state index contributed by atoms with van der Waals surface area (Å²) in [5.74, 6) is -5.04. The lowest BCUT2D eigenvalue weighted by atomic mass is 10.1. The van der Waals surface area contributed by atoms with Gasteiger partial charge >= 0.3 is 12.1 Å². The second kappa shape index (κ2) is 11.2. The third-order valence-corrected chi connectivity index (χ3v) is 6.42. The van der Waals surface area contributed by atoms with Crippen LogP contribution in [-0.4, -0.2) is 53.3 Å². The van der Waals surface area contributed by atoms with Crippen LogP contribution in [-0.2, 0) is 5.92 Å². The smallest absolute Gasteiger partial charge is 0.458 e. The molecular weight excluding hydrogens is 551 g/mol. The number of fused-ring (bicyclic) bond motifs is 1. The van der Waals surface area contributed by atoms with Gasteiger partial charge in [0.05, 0.1) is 16.6 Å². The largest absolute Gasteiger partial charge is 0.491 e. The number of ether oxygens (including phenoxy) is 2. The fraction of sp³-hybridized carbons (Fsp3) is 0.296. The molecule has 0 radical (unpaired) electrons. The van der Waals surface area contributed by atoms with E-state index in [1.807, 2.05) is 0 Å². The number of amides is 1. The molecule has 5 rings (SSSR count). The number of imidazole rings is 1. The van der Waals surface area contributed by atoms with Gasteiger partial charge in [0.1, 0.15) is 29.5 Å². The van der Waals surface area contributed by atoms with Crippen LogP contribution in [0.4, 0.5) is 33.6 Å². The molecule has 2 aromatic carbocycles. The Balaban J connectivity index is 1.37. The molecule has 0 unspecified atom stereocenters. The molecule has 3 heterocycles. The zero-order valence-electron chi connectivity index (χ0n) is 21.6. The number of hydrogen-bond donors (Lipinski definition) is 4. The average Bonchev–Trinajstić information content (AvgIpc) is 3.60. The molecule has 41 heavy (non-hydrogen) atoms. The first-order valence-corrected chi connectivity index (χ1v) is 12.6. The van der Waals surface area contributed by atoms with Crippen LogP contribution < -0.4 is 25.4 Å². The van der Waals surface area contributed by atoms with E-state index in [-0.39, 0.29) is 35.9 Å². The molecule has 1 amide bonds. The highest BCUT2D eigenvalue weighted by molar-refractivity contribution is 5.92. The third kappa shape index (κ3) is 6.16. The maximum Gasteiger partial charge on any atom is 0.458 e. The molecule has 4 N–H and O–H groups in total. The molecule has 216 valence electrons. The van der Waals surface area contributed by atoms with E-state index < -0.39 is 23.4 Å². The summed E-state index contributed by atoms with van der Waals surface area (Å²) in [7, 11) is 1.49. The molecule has 4 aromatic rings. The van der Waals surface area contributed by atoms with E-state index in [4.69, 9.17) is 9.47 Å². The van der Waals surface area contributed by atoms with Crippen LogP contribution in [0.3, 0.4) is 0 Å². The molecule has 1 fully saturated rings. The Bertz CT molecular complexity index is 1550. The molecular formula is C27H25F5N6O3. The highest BCUT2D eigenvalue weighted by Gasteiger charge is 2.60. The Hall–Kier alpha value is -4.46. The van der Waals surface area contributed by atoms with E-state index in [0.717, 1.165) is 31.5 Å². The minimum atomic E-state index is -5.79. The first-order chi connectivity index (χ1) is 19.5. The van der Waals surface area contributed by atoms with Crippen LogP contribution in [0.15, 0.2) is 54.7 Å². The highest BCUT2D eigenvalue weighted by Crippen LogP contribution is 2.48. The summed E-state index contributed by atoms with van der Waals surface area (Å²) in [5, 5.41) is 8.49. The lowest BCUT2D eigenvalue weighted by Crippen LogP contribution is -2.35. The van der Waals surface area contributed by atoms with Crippen molar-refractivity contribution >= 4 is 28.6 Å². The normalized spacial score (nSPS) is 15.6. The fourth-order valence-corrected chi connectivity index (χ4v) is 4.33. The van der Waals surface area contributed by atoms with E-state index in [0.29, 0.717) is 28.6 Å². The van der Waals surface area contributed by atoms with Gasteiger partial charge in [0.25, 0.3) is 5.91 Å². The molecule has 0 spiro atoms. The fourth-order valence-electron chi connectivity index (χ4n) is 4.33. The number of nitrogens with zero attached hydrogens (tertiary/aromatic N) is 2. The van der Waals surface area contributed by atoms with Gasteiger partial charge in [-0.3, -0.25) is 9.78 Å². The van der Waals surface area contributed by atoms with Crippen molar-refractivity contribution in [2.45, 2.75) is 31.0 Å². The number of nitrogens with one attached hydrogen (secondary N) is 4. The number of rotatable bonds is 9. The van der Waals surface area contributed by atoms with Crippen molar-refractivity contribution in [3.05, 3.63) is 66.0 Å². The van der Waals surface area contributed by atoms with Gasteiger partial charge in [-0.15, -0.1) is 0 Å². The molecule has 14 heteroatoms. The number of aromatic amines is 1. The van der Waals surface area contributed by atoms with Gasteiger partial charge in [-0.2, -0.15) is 22.0 Å². The van der Waals surface area contributed by atoms with Gasteiger partial charge in [-0.1, -0.05) is 0 Å². The quantitative estimate of drug-likeness (QED) is 0.191. The Labute approximate surface area is 230 Å². The Morgan fingerprint density at radius 1 is 1.07 bits per heavy atom. The summed E-state index contributed by atoms with van der Waals surface area (Å²) in [4.78, 5) is 23.2. The molecule has 1 aliphatic heterocycles. The van der Waals surface area contributed by atoms with Crippen molar-refractivity contribution in [2.75, 3.05) is 25.5 Å². The number of carbonyl (C=O) groups is 1. The van der Waals surface area contributed by atoms with Gasteiger partial charge in [-0.25, -0.2) is 4.98 Å². The van der Waals surface area contributed by atoms with Gasteiger partial charge in [0.15, 0.2) is 0 Å². The van der Waals surface area contributed by atoms with Crippen LogP contribution in [0, 0.1) is 0 Å². The van der Waals surface area contributed by atoms with Crippen molar-refractivity contribution in [3.8, 4) is 17.2 Å². The summed E-state index contributed by atoms with van der Waals surface area (Å²) in [6.45, 7) is 0.666. The zero-order chi connectivity index (χ0) is 29.2. The average molecular weight is 577 g/mol. The third-order valence-electron chi connectivity index (χ3n) is 6.42. The van der Waals surface area contributed by atoms with E-state index in [1.165, 1.54) is 19.3 Å². The number of hydrogen-bond acceptors (Lipinski definition) is 7. The molecule has 1 saturated heterocycles. The summed E-state index contributed by atoms with van der Waals surface area (Å²) in [6, 6.07) is 10.8. The molecule has 2 aromatic heterocycles. The summed E-state index contributed by atoms with van der Waals surface area (Å²) < 4.78 is 79.4. The van der Waals surface area contributed by atoms with Crippen LogP contribution in [0.2, 0.25) is 0 Å². The van der Waals surface area contributed by atoms with Crippen LogP contribution in [0.5, 0.6) is 17.2 Å². The van der Waals surface area contributed by atoms with Crippen LogP contribution >= 0.6 is 0 Å². The molecule has 0 bridgehead atoms. The van der Waals surface area contributed by atoms with Gasteiger partial charge in [0.2, 0.25) is 5.95 Å². The predicted molar refractivity (Wildman–Crippen MR) is 140 cm³/mol. The van der Waals surface area contributed by atoms with Crippen molar-refractivity contribution < 1.29 is 36.2 Å². The maximum atomic E-state index is 14.3. The summed E-state index contributed by atoms with van der Waals surface area (Å²) in [6.07, 6.45) is -2.76. The monoisotopic (exact) mass is 576 g/mol. The first-order valence-electron chi connectivity index (χ1n) is 12.6. The lowest BCUT2D eigenvalue weighted by Gasteiger charge is -2.24. The van der Waals surface area contributed by atoms with E-state index in [2.05, 4.69) is 30.9 Å². The Morgan fingerprint density at radius 2 is 1.88 bits per heavy atom. The van der Waals surface area contributed by atoms with Crippen molar-refractivity contribution in [2.24, 2.45) is 0 Å². The predicted octanol–water partition coefficient (Wildman–Crippen LogP) is 5.64. The topological polar surface area (TPSA) is 113 Å². The molecule has 1 aliphatic rings. The lowest BCUT2D eigenvalue weighted by molar-refractivity contribution is -0.289. The van der Waals surface area contributed by atoms with E-state index in [1.54, 1.807) is 24.3 Å². The second-order valence-electron chi connectivity index (χ2n) is 9.33. The SMILES string of the molecule is CNC(=O)c1cc(Oc2ccc3[nH]c(Nc4ccc(C(F)(F)C(F)(F)F)c(OC[C@H]5CCCN5)c4)nc3c2)ccn1. The number of alkyl halides is 5. The zero-order valence-corrected chi connectivity index (χ0v) is 21.6. The van der Waals surface area contributed by atoms with Crippen molar-refractivity contribution in [3.63, 3.8) is 0 Å². The summed E-state index contributed by atoms with van der Waals surface area (Å²) in [5.41, 5.74) is 0.184. The Morgan fingerprint density at radius 3 is 2.61 bits per heavy atom. The standard InChI is InChI=1S/C27H25F5N6O3/c1-33-24(39)22-13-18(8-10-35-22)41-17-5-7-20-21(12-17)38-25(37-20)36-15-4-6-19(26(28,29)27(30,31)32)23(11-15)40-14-16-3-2-9-34-16/h4-8,10-13,16,34H,2-3,9,14H2,1H3,(H,33,39)(H2,36,37,38)/t16-/m1/s1. The number of pyridine rings is 1. The van der Waals surface area contributed by atoms with Crippen molar-refractivity contribution in [1.82, 2.24) is 25.6 Å². The second-order valence-corrected chi connectivity index (χ2v) is 9.33. The minimum Gasteiger partial charge on any atom is -0.491 e. The van der Waals surface area contributed by atoms with E-state index in [9.17, 15) is 26.7 Å². The molecule has 9 nitrogen and oxygen atoms in total. The highest BCUT2D eigenvalue weighted by atomic mass is 19.4. The van der Waals surface area contributed by atoms with E-state index >= 15 is 0 Å². The van der Waals surface area contributed by atoms with Crippen LogP contribution in [0.25, 0.3) is 11.0 Å². The van der Waals surface area contributed by atoms with Gasteiger partial charge in [-0.05, 0) is 49.7 Å². The number of H-pyrrole nitrogens is 1. The number of anilines is 2. The van der Waals surface area contributed by atoms with Crippen molar-refractivity contribution in [1.29, 1.82) is 0 Å². The number of benzene rings is 2. The number of aromatic nitrogens is 3. The maximum absolute atomic E-state index is 14.3. The molecule has 1 atom stereocenters. The Kier molecular flexibility index (Phi) is 7.67. The number of carbonyl (C=O) groups excluding carboxylic acids is 1. The summed E-state index contributed by atoms with van der Waals surface area (Å²) >= 11 is 0. The first kappa shape index (κ1) is 28.1. The minimum absolute atomic E-state index is 0.0557. The van der Waals surface area contributed by atoms with Gasteiger partial charge < -0.3 is 30.4 Å².